The highest BCUT2D eigenvalue weighted by Crippen LogP contribution is 2.38. The smallest absolute Gasteiger partial charge is 0.224 e. The van der Waals surface area contributed by atoms with E-state index in [4.69, 9.17) is 10.5 Å². The van der Waals surface area contributed by atoms with Crippen molar-refractivity contribution in [3.63, 3.8) is 0 Å². The molecule has 4 heteroatoms. The second-order valence-electron chi connectivity index (χ2n) is 4.71. The average molecular weight is 232 g/mol. The van der Waals surface area contributed by atoms with Crippen LogP contribution in [0.3, 0.4) is 0 Å². The van der Waals surface area contributed by atoms with Crippen molar-refractivity contribution in [3.8, 4) is 5.75 Å². The number of benzene rings is 1. The number of carbonyl (C=O) groups excluding carboxylic acids is 1. The minimum atomic E-state index is -0.0741. The molecule has 2 N–H and O–H groups in total. The third-order valence-corrected chi connectivity index (χ3v) is 3.76. The van der Waals surface area contributed by atoms with Gasteiger partial charge in [-0.25, -0.2) is 0 Å². The molecular weight excluding hydrogens is 216 g/mol. The van der Waals surface area contributed by atoms with Gasteiger partial charge in [-0.3, -0.25) is 4.79 Å². The first-order valence-corrected chi connectivity index (χ1v) is 5.92. The van der Waals surface area contributed by atoms with E-state index in [1.54, 1.807) is 7.11 Å². The molecule has 17 heavy (non-hydrogen) atoms. The predicted molar refractivity (Wildman–Crippen MR) is 63.7 cm³/mol. The fourth-order valence-electron chi connectivity index (χ4n) is 2.93. The molecule has 0 spiro atoms. The molecule has 1 amide bonds. The van der Waals surface area contributed by atoms with E-state index < -0.39 is 0 Å². The van der Waals surface area contributed by atoms with E-state index in [1.165, 1.54) is 11.1 Å². The maximum Gasteiger partial charge on any atom is 0.224 e. The molecule has 2 unspecified atom stereocenters. The van der Waals surface area contributed by atoms with Crippen molar-refractivity contribution in [1.29, 1.82) is 0 Å². The molecule has 0 radical (unpaired) electrons. The zero-order chi connectivity index (χ0) is 12.0. The van der Waals surface area contributed by atoms with Gasteiger partial charge in [0, 0.05) is 19.0 Å². The number of fused-ring (bicyclic) bond motifs is 3. The van der Waals surface area contributed by atoms with Gasteiger partial charge in [-0.1, -0.05) is 6.07 Å². The van der Waals surface area contributed by atoms with E-state index in [0.717, 1.165) is 18.7 Å². The van der Waals surface area contributed by atoms with Crippen LogP contribution in [0.2, 0.25) is 0 Å². The quantitative estimate of drug-likeness (QED) is 0.781. The van der Waals surface area contributed by atoms with E-state index in [2.05, 4.69) is 6.07 Å². The summed E-state index contributed by atoms with van der Waals surface area (Å²) in [5, 5.41) is 0. The van der Waals surface area contributed by atoms with Crippen LogP contribution in [0.5, 0.6) is 5.75 Å². The lowest BCUT2D eigenvalue weighted by Crippen LogP contribution is -2.38. The van der Waals surface area contributed by atoms with E-state index in [0.29, 0.717) is 6.42 Å². The highest BCUT2D eigenvalue weighted by molar-refractivity contribution is 5.81. The molecule has 1 fully saturated rings. The molecule has 1 aromatic rings. The minimum absolute atomic E-state index is 0.0668. The Labute approximate surface area is 100 Å². The largest absolute Gasteiger partial charge is 0.497 e. The Kier molecular flexibility index (Phi) is 2.33. The Morgan fingerprint density at radius 1 is 1.47 bits per heavy atom. The van der Waals surface area contributed by atoms with E-state index in [1.807, 2.05) is 17.0 Å². The molecule has 0 aromatic heterocycles. The lowest BCUT2D eigenvalue weighted by atomic mass is 9.91. The third kappa shape index (κ3) is 1.52. The summed E-state index contributed by atoms with van der Waals surface area (Å²) in [7, 11) is 1.67. The highest BCUT2D eigenvalue weighted by Gasteiger charge is 2.41. The van der Waals surface area contributed by atoms with E-state index in [-0.39, 0.29) is 18.0 Å². The molecule has 0 aliphatic carbocycles. The zero-order valence-electron chi connectivity index (χ0n) is 9.85. The molecule has 90 valence electrons. The number of amides is 1. The SMILES string of the molecule is COc1ccc2c(c1)CCN1C(=O)CC(N)C21. The first-order valence-electron chi connectivity index (χ1n) is 5.92. The van der Waals surface area contributed by atoms with Crippen molar-refractivity contribution >= 4 is 5.91 Å². The van der Waals surface area contributed by atoms with Crippen molar-refractivity contribution in [3.05, 3.63) is 29.3 Å². The standard InChI is InChI=1S/C13H16N2O2/c1-17-9-2-3-10-8(6-9)4-5-15-12(16)7-11(14)13(10)15/h2-3,6,11,13H,4-5,7,14H2,1H3. The van der Waals surface area contributed by atoms with Crippen LogP contribution in [0.4, 0.5) is 0 Å². The summed E-state index contributed by atoms with van der Waals surface area (Å²) in [6.45, 7) is 0.775. The van der Waals surface area contributed by atoms with Crippen molar-refractivity contribution < 1.29 is 9.53 Å². The normalized spacial score (nSPS) is 26.7. The summed E-state index contributed by atoms with van der Waals surface area (Å²) in [6, 6.07) is 6.04. The van der Waals surface area contributed by atoms with Crippen molar-refractivity contribution in [1.82, 2.24) is 4.90 Å². The van der Waals surface area contributed by atoms with Crippen LogP contribution in [-0.4, -0.2) is 30.5 Å². The molecule has 2 aliphatic heterocycles. The average Bonchev–Trinajstić information content (AvgIpc) is 2.64. The predicted octanol–water partition coefficient (Wildman–Crippen LogP) is 0.852. The van der Waals surface area contributed by atoms with Gasteiger partial charge in [-0.05, 0) is 29.7 Å². The van der Waals surface area contributed by atoms with E-state index in [9.17, 15) is 4.79 Å². The van der Waals surface area contributed by atoms with Gasteiger partial charge in [0.1, 0.15) is 5.75 Å². The van der Waals surface area contributed by atoms with Crippen molar-refractivity contribution in [2.45, 2.75) is 24.9 Å². The van der Waals surface area contributed by atoms with Gasteiger partial charge >= 0.3 is 0 Å². The molecule has 1 aromatic carbocycles. The molecule has 2 aliphatic rings. The second-order valence-corrected chi connectivity index (χ2v) is 4.71. The van der Waals surface area contributed by atoms with Crippen LogP contribution < -0.4 is 10.5 Å². The van der Waals surface area contributed by atoms with Crippen LogP contribution in [0.15, 0.2) is 18.2 Å². The number of methoxy groups -OCH3 is 1. The number of carbonyl (C=O) groups is 1. The maximum atomic E-state index is 11.8. The van der Waals surface area contributed by atoms with Crippen LogP contribution in [0, 0.1) is 0 Å². The van der Waals surface area contributed by atoms with Gasteiger partial charge in [-0.15, -0.1) is 0 Å². The Bertz CT molecular complexity index is 472. The Hall–Kier alpha value is -1.55. The maximum absolute atomic E-state index is 11.8. The van der Waals surface area contributed by atoms with Crippen LogP contribution >= 0.6 is 0 Å². The lowest BCUT2D eigenvalue weighted by Gasteiger charge is -2.33. The first-order chi connectivity index (χ1) is 8.20. The van der Waals surface area contributed by atoms with Gasteiger partial charge in [0.2, 0.25) is 5.91 Å². The van der Waals surface area contributed by atoms with Crippen LogP contribution in [0.1, 0.15) is 23.6 Å². The topological polar surface area (TPSA) is 55.6 Å². The minimum Gasteiger partial charge on any atom is -0.497 e. The van der Waals surface area contributed by atoms with Gasteiger partial charge in [0.15, 0.2) is 0 Å². The molecule has 0 saturated carbocycles. The van der Waals surface area contributed by atoms with E-state index >= 15 is 0 Å². The number of nitrogens with two attached hydrogens (primary N) is 1. The van der Waals surface area contributed by atoms with Crippen molar-refractivity contribution in [2.24, 2.45) is 5.73 Å². The fourth-order valence-corrected chi connectivity index (χ4v) is 2.93. The third-order valence-electron chi connectivity index (χ3n) is 3.76. The van der Waals surface area contributed by atoms with Crippen molar-refractivity contribution in [2.75, 3.05) is 13.7 Å². The summed E-state index contributed by atoms with van der Waals surface area (Å²) < 4.78 is 5.23. The molecule has 0 bridgehead atoms. The molecule has 1 saturated heterocycles. The Morgan fingerprint density at radius 3 is 3.06 bits per heavy atom. The molecule has 3 rings (SSSR count). The lowest BCUT2D eigenvalue weighted by molar-refractivity contribution is -0.129. The molecule has 4 nitrogen and oxygen atoms in total. The van der Waals surface area contributed by atoms with Gasteiger partial charge < -0.3 is 15.4 Å². The highest BCUT2D eigenvalue weighted by atomic mass is 16.5. The van der Waals surface area contributed by atoms with Gasteiger partial charge in [-0.2, -0.15) is 0 Å². The number of hydrogen-bond acceptors (Lipinski definition) is 3. The summed E-state index contributed by atoms with van der Waals surface area (Å²) in [5.74, 6) is 1.05. The summed E-state index contributed by atoms with van der Waals surface area (Å²) >= 11 is 0. The summed E-state index contributed by atoms with van der Waals surface area (Å²) in [5.41, 5.74) is 8.52. The second kappa shape index (κ2) is 3.74. The number of nitrogens with zero attached hydrogens (tertiary/aromatic N) is 1. The molecule has 2 atom stereocenters. The van der Waals surface area contributed by atoms with Crippen LogP contribution in [-0.2, 0) is 11.2 Å². The van der Waals surface area contributed by atoms with Gasteiger partial charge in [0.05, 0.1) is 13.2 Å². The monoisotopic (exact) mass is 232 g/mol. The molecular formula is C13H16N2O2. The number of ether oxygens (including phenoxy) is 1. The van der Waals surface area contributed by atoms with Crippen LogP contribution in [0.25, 0.3) is 0 Å². The first kappa shape index (κ1) is 10.6. The summed E-state index contributed by atoms with van der Waals surface area (Å²) in [6.07, 6.45) is 1.36. The molecule has 2 heterocycles. The number of rotatable bonds is 1. The number of hydrogen-bond donors (Lipinski definition) is 1. The Morgan fingerprint density at radius 2 is 2.29 bits per heavy atom. The van der Waals surface area contributed by atoms with Gasteiger partial charge in [0.25, 0.3) is 0 Å². The fraction of sp³-hybridized carbons (Fsp3) is 0.462. The Balaban J connectivity index is 2.04. The summed E-state index contributed by atoms with van der Waals surface area (Å²) in [4.78, 5) is 13.7. The zero-order valence-corrected chi connectivity index (χ0v) is 9.85.